The van der Waals surface area contributed by atoms with Gasteiger partial charge in [0.05, 0.1) is 11.9 Å². The first-order valence-corrected chi connectivity index (χ1v) is 15.5. The van der Waals surface area contributed by atoms with Crippen molar-refractivity contribution in [2.45, 2.75) is 52.2 Å². The first kappa shape index (κ1) is 30.4. The first-order valence-electron chi connectivity index (χ1n) is 12.9. The van der Waals surface area contributed by atoms with E-state index in [0.29, 0.717) is 5.69 Å². The molecule has 0 unspecified atom stereocenters. The van der Waals surface area contributed by atoms with Crippen LogP contribution in [0, 0.1) is 6.92 Å². The van der Waals surface area contributed by atoms with Crippen LogP contribution in [-0.4, -0.2) is 50.0 Å². The molecule has 7 nitrogen and oxygen atoms in total. The molecule has 1 N–H and O–H groups in total. The van der Waals surface area contributed by atoms with Crippen LogP contribution in [0.3, 0.4) is 0 Å². The van der Waals surface area contributed by atoms with Crippen molar-refractivity contribution in [2.75, 3.05) is 17.1 Å². The summed E-state index contributed by atoms with van der Waals surface area (Å²) in [5.74, 6) is -0.743. The maximum Gasteiger partial charge on any atom is 0.244 e. The largest absolute Gasteiger partial charge is 0.352 e. The number of aryl methyl sites for hydroxylation is 1. The van der Waals surface area contributed by atoms with Gasteiger partial charge < -0.3 is 10.2 Å². The molecule has 0 fully saturated rings. The van der Waals surface area contributed by atoms with Crippen molar-refractivity contribution in [2.24, 2.45) is 0 Å². The molecule has 39 heavy (non-hydrogen) atoms. The number of carbonyl (C=O) groups is 2. The number of rotatable bonds is 12. The van der Waals surface area contributed by atoms with Crippen molar-refractivity contribution >= 4 is 43.5 Å². The molecule has 0 bridgehead atoms. The topological polar surface area (TPSA) is 86.8 Å². The number of hydrogen-bond donors (Lipinski definition) is 1. The Balaban J connectivity index is 2.06. The molecule has 0 spiro atoms. The van der Waals surface area contributed by atoms with Crippen molar-refractivity contribution in [3.05, 3.63) is 100 Å². The van der Waals surface area contributed by atoms with Crippen LogP contribution < -0.4 is 9.62 Å². The van der Waals surface area contributed by atoms with Crippen LogP contribution in [0.25, 0.3) is 0 Å². The fraction of sp³-hybridized carbons (Fsp3) is 0.333. The van der Waals surface area contributed by atoms with Crippen LogP contribution >= 0.6 is 15.9 Å². The van der Waals surface area contributed by atoms with Crippen molar-refractivity contribution in [3.63, 3.8) is 0 Å². The number of carbonyl (C=O) groups excluding carboxylic acids is 2. The summed E-state index contributed by atoms with van der Waals surface area (Å²) in [6, 6.07) is 23.1. The third-order valence-electron chi connectivity index (χ3n) is 6.60. The number of sulfonamides is 1. The summed E-state index contributed by atoms with van der Waals surface area (Å²) in [5, 5.41) is 3.03. The Hall–Kier alpha value is -3.17. The fourth-order valence-corrected chi connectivity index (χ4v) is 5.39. The molecule has 0 aliphatic heterocycles. The van der Waals surface area contributed by atoms with Gasteiger partial charge in [-0.15, -0.1) is 0 Å². The quantitative estimate of drug-likeness (QED) is 0.309. The second-order valence-corrected chi connectivity index (χ2v) is 12.6. The smallest absolute Gasteiger partial charge is 0.244 e. The number of benzene rings is 3. The van der Waals surface area contributed by atoms with E-state index < -0.39 is 28.5 Å². The van der Waals surface area contributed by atoms with Crippen LogP contribution in [0.15, 0.2) is 83.3 Å². The van der Waals surface area contributed by atoms with Crippen molar-refractivity contribution in [3.8, 4) is 0 Å². The van der Waals surface area contributed by atoms with Gasteiger partial charge in [0.25, 0.3) is 0 Å². The summed E-state index contributed by atoms with van der Waals surface area (Å²) in [6.07, 6.45) is 2.11. The van der Waals surface area contributed by atoms with Crippen LogP contribution in [0.5, 0.6) is 0 Å². The van der Waals surface area contributed by atoms with E-state index in [2.05, 4.69) is 21.2 Å². The third-order valence-corrected chi connectivity index (χ3v) is 8.26. The Morgan fingerprint density at radius 1 is 0.923 bits per heavy atom. The summed E-state index contributed by atoms with van der Waals surface area (Å²) < 4.78 is 27.8. The second-order valence-electron chi connectivity index (χ2n) is 9.73. The van der Waals surface area contributed by atoms with Gasteiger partial charge in [-0.2, -0.15) is 0 Å². The Labute approximate surface area is 240 Å². The van der Waals surface area contributed by atoms with E-state index in [4.69, 9.17) is 0 Å². The molecule has 3 rings (SSSR count). The average Bonchev–Trinajstić information content (AvgIpc) is 2.90. The van der Waals surface area contributed by atoms with Gasteiger partial charge in [-0.3, -0.25) is 13.9 Å². The monoisotopic (exact) mass is 613 g/mol. The van der Waals surface area contributed by atoms with E-state index in [1.165, 1.54) is 4.90 Å². The zero-order valence-corrected chi connectivity index (χ0v) is 25.2. The number of nitrogens with one attached hydrogen (secondary N) is 1. The SMILES string of the molecule is CC[C@H](C)NC(=O)[C@@H](Cc1ccccc1)N(Cc1ccc(Br)cc1)C(=O)CN(c1ccccc1C)S(C)(=O)=O. The molecule has 9 heteroatoms. The van der Waals surface area contributed by atoms with Crippen LogP contribution in [-0.2, 0) is 32.6 Å². The average molecular weight is 615 g/mol. The molecule has 3 aromatic carbocycles. The second kappa shape index (κ2) is 13.8. The Kier molecular flexibility index (Phi) is 10.7. The van der Waals surface area contributed by atoms with Gasteiger partial charge in [0.2, 0.25) is 21.8 Å². The van der Waals surface area contributed by atoms with E-state index in [0.717, 1.165) is 38.1 Å². The fourth-order valence-electron chi connectivity index (χ4n) is 4.22. The molecule has 0 radical (unpaired) electrons. The minimum Gasteiger partial charge on any atom is -0.352 e. The summed E-state index contributed by atoms with van der Waals surface area (Å²) in [5.41, 5.74) is 2.88. The van der Waals surface area contributed by atoms with Crippen LogP contribution in [0.1, 0.15) is 37.0 Å². The number of halogens is 1. The van der Waals surface area contributed by atoms with Crippen LogP contribution in [0.4, 0.5) is 5.69 Å². The van der Waals surface area contributed by atoms with Gasteiger partial charge in [0.1, 0.15) is 12.6 Å². The van der Waals surface area contributed by atoms with E-state index in [1.54, 1.807) is 25.1 Å². The minimum atomic E-state index is -3.80. The lowest BCUT2D eigenvalue weighted by Crippen LogP contribution is -2.54. The van der Waals surface area contributed by atoms with E-state index in [-0.39, 0.29) is 24.9 Å². The maximum absolute atomic E-state index is 14.1. The molecule has 0 aliphatic rings. The summed E-state index contributed by atoms with van der Waals surface area (Å²) in [7, 11) is -3.80. The highest BCUT2D eigenvalue weighted by Crippen LogP contribution is 2.24. The van der Waals surface area contributed by atoms with Crippen molar-refractivity contribution in [1.29, 1.82) is 0 Å². The predicted molar refractivity (Wildman–Crippen MR) is 160 cm³/mol. The van der Waals surface area contributed by atoms with Crippen LogP contribution in [0.2, 0.25) is 0 Å². The maximum atomic E-state index is 14.1. The van der Waals surface area contributed by atoms with E-state index in [9.17, 15) is 18.0 Å². The van der Waals surface area contributed by atoms with Gasteiger partial charge in [0.15, 0.2) is 0 Å². The lowest BCUT2D eigenvalue weighted by Gasteiger charge is -2.34. The van der Waals surface area contributed by atoms with Gasteiger partial charge in [0, 0.05) is 23.5 Å². The zero-order valence-electron chi connectivity index (χ0n) is 22.8. The summed E-state index contributed by atoms with van der Waals surface area (Å²) >= 11 is 3.44. The standard InChI is InChI=1S/C30H36BrN3O4S/c1-5-23(3)32-30(36)28(19-24-12-7-6-8-13-24)33(20-25-15-17-26(31)18-16-25)29(35)21-34(39(4,37)38)27-14-10-9-11-22(27)2/h6-18,23,28H,5,19-21H2,1-4H3,(H,32,36)/t23-,28+/m0/s1. The number of para-hydroxylation sites is 1. The normalized spacial score (nSPS) is 12.8. The van der Waals surface area contributed by atoms with Crippen molar-refractivity contribution in [1.82, 2.24) is 10.2 Å². The number of hydrogen-bond acceptors (Lipinski definition) is 4. The van der Waals surface area contributed by atoms with Gasteiger partial charge in [-0.1, -0.05) is 83.5 Å². The molecular formula is C30H36BrN3O4S. The molecule has 0 aromatic heterocycles. The molecular weight excluding hydrogens is 578 g/mol. The van der Waals surface area contributed by atoms with E-state index in [1.807, 2.05) is 74.5 Å². The molecule has 208 valence electrons. The summed E-state index contributed by atoms with van der Waals surface area (Å²) in [6.45, 7) is 5.41. The molecule has 0 aliphatic carbocycles. The Morgan fingerprint density at radius 2 is 1.54 bits per heavy atom. The number of nitrogens with zero attached hydrogens (tertiary/aromatic N) is 2. The molecule has 0 saturated heterocycles. The molecule has 0 saturated carbocycles. The Morgan fingerprint density at radius 3 is 2.13 bits per heavy atom. The molecule has 0 heterocycles. The lowest BCUT2D eigenvalue weighted by atomic mass is 10.0. The molecule has 2 amide bonds. The highest BCUT2D eigenvalue weighted by molar-refractivity contribution is 9.10. The molecule has 3 aromatic rings. The Bertz CT molecular complexity index is 1360. The minimum absolute atomic E-state index is 0.0834. The van der Waals surface area contributed by atoms with E-state index >= 15 is 0 Å². The van der Waals surface area contributed by atoms with Gasteiger partial charge in [-0.05, 0) is 55.2 Å². The predicted octanol–water partition coefficient (Wildman–Crippen LogP) is 5.08. The van der Waals surface area contributed by atoms with Gasteiger partial charge >= 0.3 is 0 Å². The van der Waals surface area contributed by atoms with Crippen molar-refractivity contribution < 1.29 is 18.0 Å². The third kappa shape index (κ3) is 8.66. The number of anilines is 1. The zero-order chi connectivity index (χ0) is 28.6. The summed E-state index contributed by atoms with van der Waals surface area (Å²) in [4.78, 5) is 29.3. The highest BCUT2D eigenvalue weighted by Gasteiger charge is 2.33. The lowest BCUT2D eigenvalue weighted by molar-refractivity contribution is -0.140. The number of amides is 2. The van der Waals surface area contributed by atoms with Gasteiger partial charge in [-0.25, -0.2) is 8.42 Å². The highest BCUT2D eigenvalue weighted by atomic mass is 79.9. The first-order chi connectivity index (χ1) is 18.5. The molecule has 2 atom stereocenters.